The zero-order chi connectivity index (χ0) is 65.7. The van der Waals surface area contributed by atoms with Gasteiger partial charge in [0.25, 0.3) is 20.2 Å². The molecule has 24 rings (SSSR count). The molecule has 0 bridgehead atoms. The van der Waals surface area contributed by atoms with E-state index in [1.54, 1.807) is 0 Å². The zero-order valence-corrected chi connectivity index (χ0v) is 55.9. The van der Waals surface area contributed by atoms with E-state index in [4.69, 9.17) is 14.2 Å². The van der Waals surface area contributed by atoms with Gasteiger partial charge in [0, 0.05) is 60.5 Å². The van der Waals surface area contributed by atoms with Crippen LogP contribution < -0.4 is 27.9 Å². The number of ether oxygens (including phenoxy) is 3. The first kappa shape index (κ1) is 61.4. The SMILES string of the molecule is C.C.C.CC1(C)c2cc3c(ccc4ccccc43)c3c2-c2c1c1ccc4ccccc4c1c[n+]2CO3.CC1(C)c2cc3c(ccc4ccccc43)c3c2-c2c1cc1c4ccccc4ccc1[n+]2CO3.CC1(C)c2cc3c(ccc4ccccc43)c3c2-c2c1cc1ccc4ccccc4c1[n+]2CO3. The smallest absolute Gasteiger partial charge is 0.293 e. The van der Waals surface area contributed by atoms with E-state index in [0.717, 1.165) is 17.2 Å². The Morgan fingerprint density at radius 1 is 0.265 bits per heavy atom. The van der Waals surface area contributed by atoms with Crippen molar-refractivity contribution in [2.75, 3.05) is 0 Å². The Hall–Kier alpha value is -11.7. The molecule has 18 aromatic rings. The molecule has 6 aliphatic rings. The van der Waals surface area contributed by atoms with Gasteiger partial charge in [-0.1, -0.05) is 240 Å². The number of benzene rings is 15. The summed E-state index contributed by atoms with van der Waals surface area (Å²) in [6.07, 6.45) is 2.30. The highest BCUT2D eigenvalue weighted by atomic mass is 16.5. The minimum Gasteiger partial charge on any atom is -0.434 e. The van der Waals surface area contributed by atoms with Crippen molar-refractivity contribution in [3.63, 3.8) is 0 Å². The lowest BCUT2D eigenvalue weighted by Gasteiger charge is -2.22. The molecule has 0 saturated carbocycles. The Balaban J connectivity index is 0.000000104. The molecule has 6 nitrogen and oxygen atoms in total. The number of hydrogen-bond acceptors (Lipinski definition) is 3. The maximum atomic E-state index is 6.64. The van der Waals surface area contributed by atoms with Gasteiger partial charge in [-0.05, 0) is 164 Å². The lowest BCUT2D eigenvalue weighted by molar-refractivity contribution is -0.716. The number of fused-ring (bicyclic) bond motifs is 24. The minimum absolute atomic E-state index is 0. The summed E-state index contributed by atoms with van der Waals surface area (Å²) in [5.41, 5.74) is 18.3. The number of hydrogen-bond donors (Lipinski definition) is 0. The number of rotatable bonds is 0. The predicted molar refractivity (Wildman–Crippen MR) is 425 cm³/mol. The normalized spacial score (nSPS) is 14.9. The molecule has 0 amide bonds. The molecule has 0 fully saturated rings. The molecule has 0 saturated heterocycles. The lowest BCUT2D eigenvalue weighted by Crippen LogP contribution is -2.43. The molecule has 3 aliphatic carbocycles. The van der Waals surface area contributed by atoms with Crippen molar-refractivity contribution in [3.05, 3.63) is 288 Å². The average molecular weight is 1320 g/mol. The highest BCUT2D eigenvalue weighted by molar-refractivity contribution is 6.18. The first-order chi connectivity index (χ1) is 48.4. The molecule has 0 atom stereocenters. The van der Waals surface area contributed by atoms with Crippen molar-refractivity contribution in [1.29, 1.82) is 0 Å². The second-order valence-electron chi connectivity index (χ2n) is 29.9. The van der Waals surface area contributed by atoms with Crippen LogP contribution in [0.4, 0.5) is 0 Å². The Bertz CT molecular complexity index is 6620. The van der Waals surface area contributed by atoms with Crippen LogP contribution in [0.2, 0.25) is 0 Å². The molecule has 3 aliphatic heterocycles. The Morgan fingerprint density at radius 3 is 1.11 bits per heavy atom. The Kier molecular flexibility index (Phi) is 12.9. The second-order valence-corrected chi connectivity index (χ2v) is 29.9. The van der Waals surface area contributed by atoms with E-state index in [1.807, 2.05) is 0 Å². The van der Waals surface area contributed by atoms with E-state index < -0.39 is 0 Å². The summed E-state index contributed by atoms with van der Waals surface area (Å²) < 4.78 is 26.9. The molecule has 0 spiro atoms. The molecule has 6 heteroatoms. The van der Waals surface area contributed by atoms with Gasteiger partial charge in [0.05, 0.1) is 32.8 Å². The van der Waals surface area contributed by atoms with Gasteiger partial charge in [0.2, 0.25) is 28.1 Å². The third kappa shape index (κ3) is 7.92. The van der Waals surface area contributed by atoms with Crippen LogP contribution in [-0.4, -0.2) is 0 Å². The van der Waals surface area contributed by atoms with Crippen LogP contribution >= 0.6 is 0 Å². The average Bonchev–Trinajstić information content (AvgIpc) is 1.53. The van der Waals surface area contributed by atoms with Gasteiger partial charge in [0.15, 0.2) is 6.20 Å². The van der Waals surface area contributed by atoms with E-state index in [1.165, 1.54) is 197 Å². The van der Waals surface area contributed by atoms with Gasteiger partial charge in [-0.3, -0.25) is 0 Å². The first-order valence-corrected chi connectivity index (χ1v) is 34.9. The van der Waals surface area contributed by atoms with Crippen LogP contribution in [0.1, 0.15) is 97.2 Å². The van der Waals surface area contributed by atoms with Gasteiger partial charge >= 0.3 is 0 Å². The fraction of sp³-hybridized carbons (Fsp3) is 0.156. The third-order valence-electron chi connectivity index (χ3n) is 23.9. The Morgan fingerprint density at radius 2 is 0.608 bits per heavy atom. The first-order valence-electron chi connectivity index (χ1n) is 34.9. The van der Waals surface area contributed by atoms with Crippen molar-refractivity contribution >= 4 is 130 Å². The third-order valence-corrected chi connectivity index (χ3v) is 23.9. The second kappa shape index (κ2) is 21.4. The fourth-order valence-electron chi connectivity index (χ4n) is 19.0. The lowest BCUT2D eigenvalue weighted by atomic mass is 9.79. The van der Waals surface area contributed by atoms with Crippen molar-refractivity contribution < 1.29 is 27.9 Å². The van der Waals surface area contributed by atoms with E-state index in [-0.39, 0.29) is 38.5 Å². The summed E-state index contributed by atoms with van der Waals surface area (Å²) in [5.74, 6) is 3.13. The molecular formula is C96H78N3O3+3. The van der Waals surface area contributed by atoms with E-state index in [0.29, 0.717) is 20.2 Å². The van der Waals surface area contributed by atoms with Crippen molar-refractivity contribution in [1.82, 2.24) is 0 Å². The summed E-state index contributed by atoms with van der Waals surface area (Å²) in [6.45, 7) is 15.8. The molecule has 6 heterocycles. The molecule has 0 N–H and O–H groups in total. The zero-order valence-electron chi connectivity index (χ0n) is 55.9. The molecule has 492 valence electrons. The molecule has 0 unspecified atom stereocenters. The van der Waals surface area contributed by atoms with Crippen LogP contribution in [0.5, 0.6) is 17.2 Å². The van der Waals surface area contributed by atoms with Crippen molar-refractivity contribution in [2.24, 2.45) is 0 Å². The number of nitrogens with zero attached hydrogens (tertiary/aromatic N) is 3. The van der Waals surface area contributed by atoms with Crippen LogP contribution in [0.15, 0.2) is 255 Å². The van der Waals surface area contributed by atoms with Crippen LogP contribution in [-0.2, 0) is 36.4 Å². The molecule has 0 radical (unpaired) electrons. The van der Waals surface area contributed by atoms with Crippen molar-refractivity contribution in [2.45, 2.75) is 100 Å². The van der Waals surface area contributed by atoms with Crippen LogP contribution in [0.3, 0.4) is 0 Å². The quantitative estimate of drug-likeness (QED) is 0.112. The van der Waals surface area contributed by atoms with Crippen LogP contribution in [0.25, 0.3) is 163 Å². The summed E-state index contributed by atoms with van der Waals surface area (Å²) >= 11 is 0. The van der Waals surface area contributed by atoms with Gasteiger partial charge in [-0.2, -0.15) is 13.7 Å². The largest absolute Gasteiger partial charge is 0.434 e. The maximum absolute atomic E-state index is 6.64. The monoisotopic (exact) mass is 1320 g/mol. The minimum atomic E-state index is -0.123. The summed E-state index contributed by atoms with van der Waals surface area (Å²) in [6, 6.07) is 91.2. The summed E-state index contributed by atoms with van der Waals surface area (Å²) in [7, 11) is 0. The van der Waals surface area contributed by atoms with Gasteiger partial charge in [0.1, 0.15) is 17.2 Å². The maximum Gasteiger partial charge on any atom is 0.293 e. The van der Waals surface area contributed by atoms with E-state index in [2.05, 4.69) is 310 Å². The van der Waals surface area contributed by atoms with Gasteiger partial charge in [-0.25, -0.2) is 0 Å². The highest BCUT2D eigenvalue weighted by Gasteiger charge is 2.51. The standard InChI is InChI=1S/3C31H22NO.3CH4/c1-31(2)26-15-24-20-9-5-3-7-18(20)12-14-23(24)30-27(26)29-28(31)22-13-11-19-8-4-6-10-21(19)25(22)16-32(29)17-33-30;1-31(2)25-15-23-20-9-5-3-7-18(20)11-13-22(23)30-28(25)29-26(31)16-24-21-10-6-4-8-19(21)12-14-27(24)32(29)17-33-30;1-31(2)25-16-24-21-9-5-3-7-18(21)13-14-23(24)30-27(25)29-26(31)15-20-12-11-19-8-4-6-10-22(19)28(20)32(29)17-33-30;;;/h3*3-16H,17H2,1-2H3;3*1H4/q3*+1;;;. The number of pyridine rings is 3. The molecule has 15 aromatic carbocycles. The topological polar surface area (TPSA) is 39.3 Å². The van der Waals surface area contributed by atoms with Crippen LogP contribution in [0, 0.1) is 0 Å². The Labute approximate surface area is 593 Å². The van der Waals surface area contributed by atoms with Crippen molar-refractivity contribution in [3.8, 4) is 51.0 Å². The summed E-state index contributed by atoms with van der Waals surface area (Å²) in [4.78, 5) is 0. The van der Waals surface area contributed by atoms with Gasteiger partial charge in [-0.15, -0.1) is 0 Å². The van der Waals surface area contributed by atoms with E-state index >= 15 is 0 Å². The fourth-order valence-corrected chi connectivity index (χ4v) is 19.0. The molecular weight excluding hydrogens is 1240 g/mol. The highest BCUT2D eigenvalue weighted by Crippen LogP contribution is 2.60. The van der Waals surface area contributed by atoms with E-state index in [9.17, 15) is 0 Å². The predicted octanol–water partition coefficient (Wildman–Crippen LogP) is 23.6. The van der Waals surface area contributed by atoms with Gasteiger partial charge < -0.3 is 14.2 Å². The molecule has 102 heavy (non-hydrogen) atoms. The summed E-state index contributed by atoms with van der Waals surface area (Å²) in [5, 5.41) is 28.1. The molecule has 3 aromatic heterocycles. The number of aromatic nitrogens is 3.